The van der Waals surface area contributed by atoms with Crippen molar-refractivity contribution in [1.29, 1.82) is 0 Å². The minimum atomic E-state index is -3.43. The molecule has 0 aromatic carbocycles. The highest BCUT2D eigenvalue weighted by molar-refractivity contribution is 7.87. The van der Waals surface area contributed by atoms with Crippen LogP contribution in [0.4, 0.5) is 0 Å². The van der Waals surface area contributed by atoms with Gasteiger partial charge in [-0.3, -0.25) is 0 Å². The Morgan fingerprint density at radius 2 is 1.87 bits per heavy atom. The molecule has 0 aromatic rings. The van der Waals surface area contributed by atoms with E-state index in [0.29, 0.717) is 19.4 Å². The standard InChI is InChI=1S/C9H20N2O3S/c1-2-7-10-15(13,14)11-8-9(12)5-3-4-6-9/h10-12H,2-8H2,1H3. The van der Waals surface area contributed by atoms with Crippen LogP contribution in [0.2, 0.25) is 0 Å². The van der Waals surface area contributed by atoms with Gasteiger partial charge in [-0.1, -0.05) is 19.8 Å². The molecule has 0 aliphatic heterocycles. The molecule has 1 aliphatic carbocycles. The molecular weight excluding hydrogens is 216 g/mol. The second-order valence-electron chi connectivity index (χ2n) is 4.15. The van der Waals surface area contributed by atoms with Gasteiger partial charge in [0, 0.05) is 13.1 Å². The molecule has 6 heteroatoms. The van der Waals surface area contributed by atoms with Gasteiger partial charge in [-0.2, -0.15) is 13.1 Å². The van der Waals surface area contributed by atoms with E-state index < -0.39 is 15.8 Å². The second-order valence-corrected chi connectivity index (χ2v) is 5.73. The lowest BCUT2D eigenvalue weighted by Crippen LogP contribution is -2.45. The maximum atomic E-state index is 11.4. The third-order valence-electron chi connectivity index (χ3n) is 2.67. The van der Waals surface area contributed by atoms with E-state index >= 15 is 0 Å². The lowest BCUT2D eigenvalue weighted by atomic mass is 10.0. The molecule has 1 rings (SSSR count). The molecule has 90 valence electrons. The summed E-state index contributed by atoms with van der Waals surface area (Å²) in [5.74, 6) is 0. The summed E-state index contributed by atoms with van der Waals surface area (Å²) >= 11 is 0. The highest BCUT2D eigenvalue weighted by atomic mass is 32.2. The summed E-state index contributed by atoms with van der Waals surface area (Å²) in [4.78, 5) is 0. The third kappa shape index (κ3) is 4.46. The van der Waals surface area contributed by atoms with Crippen LogP contribution in [0.3, 0.4) is 0 Å². The molecule has 0 bridgehead atoms. The van der Waals surface area contributed by atoms with Crippen molar-refractivity contribution < 1.29 is 13.5 Å². The topological polar surface area (TPSA) is 78.4 Å². The van der Waals surface area contributed by atoms with E-state index in [9.17, 15) is 13.5 Å². The number of nitrogens with one attached hydrogen (secondary N) is 2. The van der Waals surface area contributed by atoms with Crippen LogP contribution >= 0.6 is 0 Å². The van der Waals surface area contributed by atoms with Crippen LogP contribution in [0.15, 0.2) is 0 Å². The van der Waals surface area contributed by atoms with Gasteiger partial charge in [0.2, 0.25) is 0 Å². The zero-order valence-electron chi connectivity index (χ0n) is 9.12. The van der Waals surface area contributed by atoms with Crippen LogP contribution in [-0.2, 0) is 10.2 Å². The Hall–Kier alpha value is -0.170. The maximum Gasteiger partial charge on any atom is 0.277 e. The zero-order chi connectivity index (χ0) is 11.4. The molecule has 0 heterocycles. The molecule has 5 nitrogen and oxygen atoms in total. The average molecular weight is 236 g/mol. The van der Waals surface area contributed by atoms with Crippen LogP contribution in [0, 0.1) is 0 Å². The van der Waals surface area contributed by atoms with Gasteiger partial charge in [-0.05, 0) is 19.3 Å². The molecular formula is C9H20N2O3S. The van der Waals surface area contributed by atoms with Crippen molar-refractivity contribution in [3.8, 4) is 0 Å². The van der Waals surface area contributed by atoms with Crippen molar-refractivity contribution >= 4 is 10.2 Å². The van der Waals surface area contributed by atoms with Crippen molar-refractivity contribution in [2.75, 3.05) is 13.1 Å². The maximum absolute atomic E-state index is 11.4. The Morgan fingerprint density at radius 1 is 1.27 bits per heavy atom. The van der Waals surface area contributed by atoms with Crippen LogP contribution in [0.5, 0.6) is 0 Å². The summed E-state index contributed by atoms with van der Waals surface area (Å²) in [7, 11) is -3.43. The zero-order valence-corrected chi connectivity index (χ0v) is 9.94. The molecule has 1 fully saturated rings. The van der Waals surface area contributed by atoms with Crippen molar-refractivity contribution in [3.05, 3.63) is 0 Å². The molecule has 1 saturated carbocycles. The first-order valence-electron chi connectivity index (χ1n) is 5.44. The Kier molecular flexibility index (Phi) is 4.51. The monoisotopic (exact) mass is 236 g/mol. The van der Waals surface area contributed by atoms with Gasteiger partial charge in [-0.15, -0.1) is 0 Å². The average Bonchev–Trinajstić information content (AvgIpc) is 2.61. The first-order chi connectivity index (χ1) is 6.97. The van der Waals surface area contributed by atoms with Gasteiger partial charge >= 0.3 is 0 Å². The van der Waals surface area contributed by atoms with Gasteiger partial charge in [0.1, 0.15) is 0 Å². The number of hydrogen-bond donors (Lipinski definition) is 3. The van der Waals surface area contributed by atoms with Crippen LogP contribution in [0.25, 0.3) is 0 Å². The highest BCUT2D eigenvalue weighted by Gasteiger charge is 2.32. The Morgan fingerprint density at radius 3 is 2.40 bits per heavy atom. The normalized spacial score (nSPS) is 20.7. The summed E-state index contributed by atoms with van der Waals surface area (Å²) in [5.41, 5.74) is -0.832. The minimum Gasteiger partial charge on any atom is -0.389 e. The predicted molar refractivity (Wildman–Crippen MR) is 58.6 cm³/mol. The van der Waals surface area contributed by atoms with Gasteiger partial charge in [0.05, 0.1) is 5.60 Å². The Labute approximate surface area is 91.4 Å². The molecule has 0 spiro atoms. The van der Waals surface area contributed by atoms with Gasteiger partial charge in [0.25, 0.3) is 10.2 Å². The van der Waals surface area contributed by atoms with Gasteiger partial charge in [0.15, 0.2) is 0 Å². The third-order valence-corrected chi connectivity index (χ3v) is 3.78. The van der Waals surface area contributed by atoms with Crippen molar-refractivity contribution in [2.45, 2.75) is 44.6 Å². The smallest absolute Gasteiger partial charge is 0.277 e. The van der Waals surface area contributed by atoms with E-state index in [2.05, 4.69) is 9.44 Å². The van der Waals surface area contributed by atoms with Crippen molar-refractivity contribution in [3.63, 3.8) is 0 Å². The highest BCUT2D eigenvalue weighted by Crippen LogP contribution is 2.28. The lowest BCUT2D eigenvalue weighted by molar-refractivity contribution is 0.0531. The van der Waals surface area contributed by atoms with E-state index in [1.807, 2.05) is 6.92 Å². The first kappa shape index (κ1) is 12.9. The minimum absolute atomic E-state index is 0.117. The summed E-state index contributed by atoms with van der Waals surface area (Å²) in [6.07, 6.45) is 4.07. The molecule has 0 atom stereocenters. The Balaban J connectivity index is 2.35. The fraction of sp³-hybridized carbons (Fsp3) is 1.00. The molecule has 0 saturated heterocycles. The van der Waals surface area contributed by atoms with E-state index in [-0.39, 0.29) is 6.54 Å². The van der Waals surface area contributed by atoms with E-state index in [0.717, 1.165) is 19.3 Å². The summed E-state index contributed by atoms with van der Waals surface area (Å²) in [6.45, 7) is 2.44. The van der Waals surface area contributed by atoms with Crippen LogP contribution < -0.4 is 9.44 Å². The van der Waals surface area contributed by atoms with Crippen molar-refractivity contribution in [2.24, 2.45) is 0 Å². The fourth-order valence-electron chi connectivity index (χ4n) is 1.73. The van der Waals surface area contributed by atoms with Gasteiger partial charge in [-0.25, -0.2) is 4.72 Å². The summed E-state index contributed by atoms with van der Waals surface area (Å²) in [5, 5.41) is 9.93. The molecule has 1 aliphatic rings. The second kappa shape index (κ2) is 5.25. The molecule has 0 amide bonds. The molecule has 0 aromatic heterocycles. The van der Waals surface area contributed by atoms with Crippen LogP contribution in [0.1, 0.15) is 39.0 Å². The Bertz CT molecular complexity index is 284. The van der Waals surface area contributed by atoms with Crippen molar-refractivity contribution in [1.82, 2.24) is 9.44 Å². The van der Waals surface area contributed by atoms with E-state index in [4.69, 9.17) is 0 Å². The first-order valence-corrected chi connectivity index (χ1v) is 6.92. The number of hydrogen-bond acceptors (Lipinski definition) is 3. The number of aliphatic hydroxyl groups is 1. The largest absolute Gasteiger partial charge is 0.389 e. The predicted octanol–water partition coefficient (Wildman–Crippen LogP) is 0.126. The van der Waals surface area contributed by atoms with E-state index in [1.165, 1.54) is 0 Å². The summed E-state index contributed by atoms with van der Waals surface area (Å²) in [6, 6.07) is 0. The van der Waals surface area contributed by atoms with Crippen LogP contribution in [-0.4, -0.2) is 32.2 Å². The molecule has 15 heavy (non-hydrogen) atoms. The SMILES string of the molecule is CCCNS(=O)(=O)NCC1(O)CCCC1. The molecule has 0 unspecified atom stereocenters. The fourth-order valence-corrected chi connectivity index (χ4v) is 2.76. The molecule has 0 radical (unpaired) electrons. The number of rotatable bonds is 6. The summed E-state index contributed by atoms with van der Waals surface area (Å²) < 4.78 is 27.5. The molecule has 3 N–H and O–H groups in total. The quantitative estimate of drug-likeness (QED) is 0.613. The van der Waals surface area contributed by atoms with Gasteiger partial charge < -0.3 is 5.11 Å². The van der Waals surface area contributed by atoms with E-state index in [1.54, 1.807) is 0 Å². The lowest BCUT2D eigenvalue weighted by Gasteiger charge is -2.22.